The van der Waals surface area contributed by atoms with Crippen LogP contribution in [0.25, 0.3) is 0 Å². The molecule has 1 aliphatic carbocycles. The van der Waals surface area contributed by atoms with Crippen molar-refractivity contribution in [3.8, 4) is 17.6 Å². The zero-order chi connectivity index (χ0) is 14.6. The van der Waals surface area contributed by atoms with Crippen LogP contribution in [-0.2, 0) is 0 Å². The SMILES string of the molecule is COc1cc(OC)cc(C(=O)NC2(C#N)CCCC2)c1. The van der Waals surface area contributed by atoms with Crippen molar-refractivity contribution in [3.05, 3.63) is 23.8 Å². The van der Waals surface area contributed by atoms with E-state index in [1.807, 2.05) is 0 Å². The Morgan fingerprint density at radius 2 is 1.75 bits per heavy atom. The monoisotopic (exact) mass is 274 g/mol. The molecule has 0 aliphatic heterocycles. The van der Waals surface area contributed by atoms with E-state index in [4.69, 9.17) is 9.47 Å². The van der Waals surface area contributed by atoms with Gasteiger partial charge >= 0.3 is 0 Å². The van der Waals surface area contributed by atoms with Crippen molar-refractivity contribution >= 4 is 5.91 Å². The van der Waals surface area contributed by atoms with Gasteiger partial charge in [-0.1, -0.05) is 0 Å². The third-order valence-electron chi connectivity index (χ3n) is 3.64. The van der Waals surface area contributed by atoms with Crippen LogP contribution < -0.4 is 14.8 Å². The van der Waals surface area contributed by atoms with Gasteiger partial charge in [0.15, 0.2) is 0 Å². The summed E-state index contributed by atoms with van der Waals surface area (Å²) >= 11 is 0. The molecule has 0 atom stereocenters. The maximum absolute atomic E-state index is 12.3. The molecular formula is C15H18N2O3. The van der Waals surface area contributed by atoms with Crippen molar-refractivity contribution in [2.24, 2.45) is 0 Å². The molecule has 1 saturated carbocycles. The van der Waals surface area contributed by atoms with Crippen LogP contribution in [0.1, 0.15) is 36.0 Å². The largest absolute Gasteiger partial charge is 0.497 e. The summed E-state index contributed by atoms with van der Waals surface area (Å²) in [7, 11) is 3.06. The average molecular weight is 274 g/mol. The zero-order valence-electron chi connectivity index (χ0n) is 11.7. The minimum atomic E-state index is -0.729. The molecule has 0 unspecified atom stereocenters. The number of nitrogens with zero attached hydrogens (tertiary/aromatic N) is 1. The summed E-state index contributed by atoms with van der Waals surface area (Å²) in [6.07, 6.45) is 3.34. The third kappa shape index (κ3) is 2.85. The van der Waals surface area contributed by atoms with Crippen molar-refractivity contribution in [2.75, 3.05) is 14.2 Å². The highest BCUT2D eigenvalue weighted by Crippen LogP contribution is 2.30. The van der Waals surface area contributed by atoms with Crippen LogP contribution in [0.5, 0.6) is 11.5 Å². The van der Waals surface area contributed by atoms with E-state index in [9.17, 15) is 10.1 Å². The van der Waals surface area contributed by atoms with Crippen LogP contribution in [0.2, 0.25) is 0 Å². The predicted molar refractivity (Wildman–Crippen MR) is 73.8 cm³/mol. The fourth-order valence-electron chi connectivity index (χ4n) is 2.47. The van der Waals surface area contributed by atoms with Crippen LogP contribution >= 0.6 is 0 Å². The van der Waals surface area contributed by atoms with Crippen molar-refractivity contribution in [1.29, 1.82) is 5.26 Å². The van der Waals surface area contributed by atoms with Crippen LogP contribution in [0.3, 0.4) is 0 Å². The number of methoxy groups -OCH3 is 2. The van der Waals surface area contributed by atoms with Gasteiger partial charge in [-0.2, -0.15) is 5.26 Å². The Bertz CT molecular complexity index is 520. The lowest BCUT2D eigenvalue weighted by Crippen LogP contribution is -2.45. The van der Waals surface area contributed by atoms with Gasteiger partial charge < -0.3 is 14.8 Å². The zero-order valence-corrected chi connectivity index (χ0v) is 11.7. The van der Waals surface area contributed by atoms with E-state index in [0.717, 1.165) is 12.8 Å². The molecule has 1 aliphatic rings. The fourth-order valence-corrected chi connectivity index (χ4v) is 2.47. The molecule has 2 rings (SSSR count). The Kier molecular flexibility index (Phi) is 4.14. The fraction of sp³-hybridized carbons (Fsp3) is 0.467. The highest BCUT2D eigenvalue weighted by molar-refractivity contribution is 5.95. The molecule has 106 valence electrons. The van der Waals surface area contributed by atoms with Gasteiger partial charge in [-0.3, -0.25) is 4.79 Å². The molecule has 1 N–H and O–H groups in total. The van der Waals surface area contributed by atoms with Crippen molar-refractivity contribution in [2.45, 2.75) is 31.2 Å². The highest BCUT2D eigenvalue weighted by Gasteiger charge is 2.35. The summed E-state index contributed by atoms with van der Waals surface area (Å²) in [6.45, 7) is 0. The summed E-state index contributed by atoms with van der Waals surface area (Å²) in [4.78, 5) is 12.3. The van der Waals surface area contributed by atoms with E-state index in [2.05, 4.69) is 11.4 Å². The van der Waals surface area contributed by atoms with E-state index in [0.29, 0.717) is 29.9 Å². The van der Waals surface area contributed by atoms with Gasteiger partial charge in [0.25, 0.3) is 5.91 Å². The first kappa shape index (κ1) is 14.2. The Morgan fingerprint density at radius 3 is 2.20 bits per heavy atom. The number of ether oxygens (including phenoxy) is 2. The first-order valence-corrected chi connectivity index (χ1v) is 6.59. The summed E-state index contributed by atoms with van der Waals surface area (Å²) in [5, 5.41) is 12.1. The van der Waals surface area contributed by atoms with Crippen LogP contribution in [0.15, 0.2) is 18.2 Å². The van der Waals surface area contributed by atoms with Crippen molar-refractivity contribution < 1.29 is 14.3 Å². The molecule has 5 nitrogen and oxygen atoms in total. The second kappa shape index (κ2) is 5.83. The second-order valence-corrected chi connectivity index (χ2v) is 4.96. The molecule has 1 aromatic rings. The summed E-state index contributed by atoms with van der Waals surface area (Å²) < 4.78 is 10.3. The molecule has 0 radical (unpaired) electrons. The van der Waals surface area contributed by atoms with E-state index in [-0.39, 0.29) is 5.91 Å². The lowest BCUT2D eigenvalue weighted by Gasteiger charge is -2.22. The Labute approximate surface area is 118 Å². The molecular weight excluding hydrogens is 256 g/mol. The number of hydrogen-bond acceptors (Lipinski definition) is 4. The Hall–Kier alpha value is -2.22. The molecule has 0 heterocycles. The second-order valence-electron chi connectivity index (χ2n) is 4.96. The summed E-state index contributed by atoms with van der Waals surface area (Å²) in [6, 6.07) is 7.22. The van der Waals surface area contributed by atoms with Crippen molar-refractivity contribution in [3.63, 3.8) is 0 Å². The standard InChI is InChI=1S/C15H18N2O3/c1-19-12-7-11(8-13(9-12)20-2)14(18)17-15(10-16)5-3-4-6-15/h7-9H,3-6H2,1-2H3,(H,17,18). The van der Waals surface area contributed by atoms with Gasteiger partial charge in [-0.25, -0.2) is 0 Å². The van der Waals surface area contributed by atoms with E-state index < -0.39 is 5.54 Å². The number of nitriles is 1. The number of hydrogen-bond donors (Lipinski definition) is 1. The summed E-state index contributed by atoms with van der Waals surface area (Å²) in [5.41, 5.74) is -0.296. The maximum Gasteiger partial charge on any atom is 0.252 e. The summed E-state index contributed by atoms with van der Waals surface area (Å²) in [5.74, 6) is 0.824. The van der Waals surface area contributed by atoms with Gasteiger partial charge in [-0.15, -0.1) is 0 Å². The first-order valence-electron chi connectivity index (χ1n) is 6.59. The maximum atomic E-state index is 12.3. The number of carbonyl (C=O) groups excluding carboxylic acids is 1. The van der Waals surface area contributed by atoms with Gasteiger partial charge in [0.2, 0.25) is 0 Å². The molecule has 5 heteroatoms. The van der Waals surface area contributed by atoms with Crippen molar-refractivity contribution in [1.82, 2.24) is 5.32 Å². The Balaban J connectivity index is 2.22. The normalized spacial score (nSPS) is 16.2. The molecule has 0 spiro atoms. The van der Waals surface area contributed by atoms with Crippen LogP contribution in [-0.4, -0.2) is 25.7 Å². The molecule has 0 saturated heterocycles. The van der Waals surface area contributed by atoms with E-state index in [1.54, 1.807) is 18.2 Å². The van der Waals surface area contributed by atoms with Gasteiger partial charge in [0, 0.05) is 11.6 Å². The quantitative estimate of drug-likeness (QED) is 0.914. The predicted octanol–water partition coefficient (Wildman–Crippen LogP) is 2.27. The lowest BCUT2D eigenvalue weighted by atomic mass is 9.99. The van der Waals surface area contributed by atoms with Crippen LogP contribution in [0, 0.1) is 11.3 Å². The minimum absolute atomic E-state index is 0.273. The van der Waals surface area contributed by atoms with Gasteiger partial charge in [0.1, 0.15) is 17.0 Å². The number of benzene rings is 1. The number of nitrogens with one attached hydrogen (secondary N) is 1. The van der Waals surface area contributed by atoms with E-state index >= 15 is 0 Å². The number of rotatable bonds is 4. The topological polar surface area (TPSA) is 71.3 Å². The smallest absolute Gasteiger partial charge is 0.252 e. The molecule has 20 heavy (non-hydrogen) atoms. The molecule has 0 aromatic heterocycles. The van der Waals surface area contributed by atoms with Crippen LogP contribution in [0.4, 0.5) is 0 Å². The highest BCUT2D eigenvalue weighted by atomic mass is 16.5. The number of carbonyl (C=O) groups is 1. The van der Waals surface area contributed by atoms with E-state index in [1.165, 1.54) is 14.2 Å². The number of amides is 1. The lowest BCUT2D eigenvalue weighted by molar-refractivity contribution is 0.0920. The Morgan fingerprint density at radius 1 is 1.20 bits per heavy atom. The molecule has 1 aromatic carbocycles. The third-order valence-corrected chi connectivity index (χ3v) is 3.64. The first-order chi connectivity index (χ1) is 9.62. The average Bonchev–Trinajstić information content (AvgIpc) is 2.95. The molecule has 1 amide bonds. The van der Waals surface area contributed by atoms with Gasteiger partial charge in [-0.05, 0) is 37.8 Å². The van der Waals surface area contributed by atoms with Gasteiger partial charge in [0.05, 0.1) is 20.3 Å². The molecule has 0 bridgehead atoms. The minimum Gasteiger partial charge on any atom is -0.497 e. The molecule has 1 fully saturated rings.